The third-order valence-corrected chi connectivity index (χ3v) is 5.77. The van der Waals surface area contributed by atoms with Crippen LogP contribution in [0.1, 0.15) is 49.4 Å². The van der Waals surface area contributed by atoms with Gasteiger partial charge >= 0.3 is 0 Å². The van der Waals surface area contributed by atoms with Crippen molar-refractivity contribution in [2.24, 2.45) is 0 Å². The Morgan fingerprint density at radius 2 is 1.83 bits per heavy atom. The van der Waals surface area contributed by atoms with Gasteiger partial charge in [0, 0.05) is 23.4 Å². The number of para-hydroxylation sites is 1. The highest BCUT2D eigenvalue weighted by Gasteiger charge is 2.30. The van der Waals surface area contributed by atoms with Gasteiger partial charge in [0.25, 0.3) is 0 Å². The lowest BCUT2D eigenvalue weighted by Gasteiger charge is -2.26. The summed E-state index contributed by atoms with van der Waals surface area (Å²) in [5, 5.41) is 3.19. The smallest absolute Gasteiger partial charge is 0.238 e. The van der Waals surface area contributed by atoms with Crippen molar-refractivity contribution in [2.45, 2.75) is 45.6 Å². The molecule has 0 radical (unpaired) electrons. The molecule has 1 aliphatic rings. The molecule has 1 heterocycles. The summed E-state index contributed by atoms with van der Waals surface area (Å²) < 4.78 is 10.9. The van der Waals surface area contributed by atoms with E-state index >= 15 is 0 Å². The molecule has 2 aromatic carbocycles. The number of anilines is 1. The Hall–Kier alpha value is -2.53. The first-order chi connectivity index (χ1) is 14.1. The molecule has 1 aliphatic heterocycles. The molecule has 0 aromatic heterocycles. The summed E-state index contributed by atoms with van der Waals surface area (Å²) in [6, 6.07) is 12.4. The Morgan fingerprint density at radius 3 is 2.45 bits per heavy atom. The fourth-order valence-corrected chi connectivity index (χ4v) is 4.23. The highest BCUT2D eigenvalue weighted by atomic mass is 16.5. The van der Waals surface area contributed by atoms with Crippen molar-refractivity contribution in [3.8, 4) is 11.5 Å². The van der Waals surface area contributed by atoms with E-state index in [-0.39, 0.29) is 11.9 Å². The molecule has 5 nitrogen and oxygen atoms in total. The number of amides is 1. The first-order valence-corrected chi connectivity index (χ1v) is 10.5. The quantitative estimate of drug-likeness (QED) is 0.708. The van der Waals surface area contributed by atoms with E-state index in [1.54, 1.807) is 14.2 Å². The molecule has 2 aromatic rings. The maximum atomic E-state index is 12.9. The topological polar surface area (TPSA) is 50.8 Å². The fraction of sp³-hybridized carbons (Fsp3) is 0.458. The second-order valence-corrected chi connectivity index (χ2v) is 7.44. The summed E-state index contributed by atoms with van der Waals surface area (Å²) in [5.74, 6) is 1.63. The van der Waals surface area contributed by atoms with Crippen LogP contribution in [0.15, 0.2) is 36.4 Å². The molecule has 0 spiro atoms. The molecule has 0 unspecified atom stereocenters. The zero-order chi connectivity index (χ0) is 20.8. The minimum Gasteiger partial charge on any atom is -0.497 e. The van der Waals surface area contributed by atoms with Crippen molar-refractivity contribution in [3.63, 3.8) is 0 Å². The highest BCUT2D eigenvalue weighted by Crippen LogP contribution is 2.38. The highest BCUT2D eigenvalue weighted by molar-refractivity contribution is 5.94. The lowest BCUT2D eigenvalue weighted by Crippen LogP contribution is -2.33. The first-order valence-electron chi connectivity index (χ1n) is 10.5. The van der Waals surface area contributed by atoms with E-state index in [9.17, 15) is 4.79 Å². The van der Waals surface area contributed by atoms with Crippen LogP contribution in [0.5, 0.6) is 11.5 Å². The van der Waals surface area contributed by atoms with E-state index in [1.807, 2.05) is 12.1 Å². The normalized spacial score (nSPS) is 16.6. The molecule has 0 saturated carbocycles. The average molecular weight is 397 g/mol. The summed E-state index contributed by atoms with van der Waals surface area (Å²) in [5.41, 5.74) is 4.47. The van der Waals surface area contributed by atoms with Crippen LogP contribution < -0.4 is 14.8 Å². The van der Waals surface area contributed by atoms with E-state index in [0.29, 0.717) is 6.54 Å². The predicted octanol–water partition coefficient (Wildman–Crippen LogP) is 4.60. The van der Waals surface area contributed by atoms with Gasteiger partial charge in [0.05, 0.1) is 20.8 Å². The van der Waals surface area contributed by atoms with Gasteiger partial charge in [0.15, 0.2) is 0 Å². The summed E-state index contributed by atoms with van der Waals surface area (Å²) in [4.78, 5) is 15.2. The second kappa shape index (κ2) is 9.79. The average Bonchev–Trinajstić information content (AvgIpc) is 3.20. The molecule has 156 valence electrons. The van der Waals surface area contributed by atoms with Gasteiger partial charge in [0.2, 0.25) is 5.91 Å². The van der Waals surface area contributed by atoms with Crippen LogP contribution in [0.4, 0.5) is 5.69 Å². The van der Waals surface area contributed by atoms with Gasteiger partial charge in [-0.2, -0.15) is 0 Å². The van der Waals surface area contributed by atoms with Crippen molar-refractivity contribution in [3.05, 3.63) is 53.1 Å². The van der Waals surface area contributed by atoms with Gasteiger partial charge in [-0.1, -0.05) is 38.1 Å². The van der Waals surface area contributed by atoms with Gasteiger partial charge in [-0.3, -0.25) is 9.69 Å². The zero-order valence-corrected chi connectivity index (χ0v) is 18.0. The number of carbonyl (C=O) groups is 1. The van der Waals surface area contributed by atoms with Gasteiger partial charge in [0.1, 0.15) is 11.5 Å². The number of ether oxygens (including phenoxy) is 2. The zero-order valence-electron chi connectivity index (χ0n) is 18.0. The second-order valence-electron chi connectivity index (χ2n) is 7.44. The van der Waals surface area contributed by atoms with Gasteiger partial charge in [-0.15, -0.1) is 0 Å². The number of likely N-dealkylation sites (tertiary alicyclic amines) is 1. The molecule has 1 atom stereocenters. The summed E-state index contributed by atoms with van der Waals surface area (Å²) in [6.07, 6.45) is 3.89. The first kappa shape index (κ1) is 21.2. The van der Waals surface area contributed by atoms with Crippen molar-refractivity contribution >= 4 is 11.6 Å². The maximum absolute atomic E-state index is 12.9. The third-order valence-electron chi connectivity index (χ3n) is 5.77. The van der Waals surface area contributed by atoms with Gasteiger partial charge in [-0.05, 0) is 49.4 Å². The van der Waals surface area contributed by atoms with Crippen LogP contribution >= 0.6 is 0 Å². The Labute approximate surface area is 174 Å². The van der Waals surface area contributed by atoms with Gasteiger partial charge < -0.3 is 14.8 Å². The largest absolute Gasteiger partial charge is 0.497 e. The van der Waals surface area contributed by atoms with Crippen LogP contribution in [0.25, 0.3) is 0 Å². The van der Waals surface area contributed by atoms with E-state index in [2.05, 4.69) is 48.3 Å². The lowest BCUT2D eigenvalue weighted by atomic mass is 10.0. The van der Waals surface area contributed by atoms with Crippen molar-refractivity contribution in [1.29, 1.82) is 0 Å². The molecule has 1 N–H and O–H groups in total. The molecule has 3 rings (SSSR count). The number of carbonyl (C=O) groups excluding carboxylic acids is 1. The molecule has 1 amide bonds. The maximum Gasteiger partial charge on any atom is 0.238 e. The minimum atomic E-state index is 0.0416. The van der Waals surface area contributed by atoms with Crippen LogP contribution in [-0.2, 0) is 17.6 Å². The Kier molecular flexibility index (Phi) is 7.15. The minimum absolute atomic E-state index is 0.0416. The van der Waals surface area contributed by atoms with Crippen LogP contribution in [-0.4, -0.2) is 38.1 Å². The van der Waals surface area contributed by atoms with Gasteiger partial charge in [-0.25, -0.2) is 0 Å². The summed E-state index contributed by atoms with van der Waals surface area (Å²) in [6.45, 7) is 5.53. The third kappa shape index (κ3) is 4.73. The SMILES string of the molecule is CCc1cccc(CC)c1NC(=O)CN1CCC[C@H]1c1ccc(OC)cc1OC. The number of hydrogen-bond acceptors (Lipinski definition) is 4. The molecule has 0 bridgehead atoms. The van der Waals surface area contributed by atoms with E-state index in [4.69, 9.17) is 9.47 Å². The van der Waals surface area contributed by atoms with Crippen molar-refractivity contribution in [1.82, 2.24) is 4.90 Å². The number of aryl methyl sites for hydroxylation is 2. The van der Waals surface area contributed by atoms with Crippen molar-refractivity contribution < 1.29 is 14.3 Å². The number of hydrogen-bond donors (Lipinski definition) is 1. The number of nitrogens with one attached hydrogen (secondary N) is 1. The number of rotatable bonds is 8. The monoisotopic (exact) mass is 396 g/mol. The molecule has 1 saturated heterocycles. The molecule has 5 heteroatoms. The van der Waals surface area contributed by atoms with E-state index < -0.39 is 0 Å². The Bertz CT molecular complexity index is 828. The Balaban J connectivity index is 1.76. The molecular weight excluding hydrogens is 364 g/mol. The molecule has 0 aliphatic carbocycles. The van der Waals surface area contributed by atoms with Crippen molar-refractivity contribution in [2.75, 3.05) is 32.6 Å². The number of benzene rings is 2. The number of nitrogens with zero attached hydrogens (tertiary/aromatic N) is 1. The van der Waals surface area contributed by atoms with E-state index in [0.717, 1.165) is 55.0 Å². The Morgan fingerprint density at radius 1 is 1.10 bits per heavy atom. The fourth-order valence-electron chi connectivity index (χ4n) is 4.23. The van der Waals surface area contributed by atoms with Crippen LogP contribution in [0.2, 0.25) is 0 Å². The molecular formula is C24H32N2O3. The molecule has 1 fully saturated rings. The lowest BCUT2D eigenvalue weighted by molar-refractivity contribution is -0.117. The standard InChI is InChI=1S/C24H32N2O3/c1-5-17-9-7-10-18(6-2)24(17)25-23(27)16-26-14-8-11-21(26)20-13-12-19(28-3)15-22(20)29-4/h7,9-10,12-13,15,21H,5-6,8,11,14,16H2,1-4H3,(H,25,27)/t21-/m0/s1. The van der Waals surface area contributed by atoms with Crippen LogP contribution in [0.3, 0.4) is 0 Å². The van der Waals surface area contributed by atoms with E-state index in [1.165, 1.54) is 11.1 Å². The summed E-state index contributed by atoms with van der Waals surface area (Å²) >= 11 is 0. The predicted molar refractivity (Wildman–Crippen MR) is 117 cm³/mol. The summed E-state index contributed by atoms with van der Waals surface area (Å²) in [7, 11) is 3.33. The van der Waals surface area contributed by atoms with Crippen LogP contribution in [0, 0.1) is 0 Å². The number of methoxy groups -OCH3 is 2. The molecule has 29 heavy (non-hydrogen) atoms.